The molecule has 0 spiro atoms. The van der Waals surface area contributed by atoms with Crippen LogP contribution in [0.15, 0.2) is 12.3 Å². The van der Waals surface area contributed by atoms with Gasteiger partial charge in [0.25, 0.3) is 0 Å². The molecule has 0 unspecified atom stereocenters. The number of nitrogens with one attached hydrogen (secondary N) is 1. The lowest BCUT2D eigenvalue weighted by Gasteiger charge is -2.32. The molecular formula is C16H26ClN3O. The molecule has 0 radical (unpaired) electrons. The molecule has 4 nitrogen and oxygen atoms in total. The predicted octanol–water partition coefficient (Wildman–Crippen LogP) is 3.24. The molecule has 1 N–H and O–H groups in total. The molecule has 0 saturated carbocycles. The van der Waals surface area contributed by atoms with Crippen molar-refractivity contribution >= 4 is 17.4 Å². The van der Waals surface area contributed by atoms with E-state index in [1.54, 1.807) is 0 Å². The monoisotopic (exact) mass is 311 g/mol. The Morgan fingerprint density at radius 3 is 2.62 bits per heavy atom. The van der Waals surface area contributed by atoms with E-state index < -0.39 is 0 Å². The van der Waals surface area contributed by atoms with Crippen molar-refractivity contribution in [1.82, 2.24) is 10.3 Å². The Labute approximate surface area is 132 Å². The summed E-state index contributed by atoms with van der Waals surface area (Å²) >= 11 is 6.43. The first-order valence-electron chi connectivity index (χ1n) is 7.57. The number of anilines is 1. The predicted molar refractivity (Wildman–Crippen MR) is 88.1 cm³/mol. The number of hydrogen-bond acceptors (Lipinski definition) is 4. The van der Waals surface area contributed by atoms with Crippen LogP contribution in [0.3, 0.4) is 0 Å². The normalized spacial score (nSPS) is 17.0. The molecule has 1 aliphatic rings. The minimum absolute atomic E-state index is 0.0873. The lowest BCUT2D eigenvalue weighted by Crippen LogP contribution is -2.37. The summed E-state index contributed by atoms with van der Waals surface area (Å²) in [5.74, 6) is 0.864. The van der Waals surface area contributed by atoms with Crippen LogP contribution in [0.5, 0.6) is 0 Å². The Morgan fingerprint density at radius 2 is 2.05 bits per heavy atom. The highest BCUT2D eigenvalue weighted by molar-refractivity contribution is 6.33. The molecule has 0 aromatic carbocycles. The summed E-state index contributed by atoms with van der Waals surface area (Å²) in [6.45, 7) is 8.86. The maximum Gasteiger partial charge on any atom is 0.147 e. The van der Waals surface area contributed by atoms with Gasteiger partial charge in [0, 0.05) is 44.6 Å². The van der Waals surface area contributed by atoms with E-state index in [0.717, 1.165) is 49.0 Å². The summed E-state index contributed by atoms with van der Waals surface area (Å²) in [4.78, 5) is 6.75. The molecule has 2 rings (SSSR count). The topological polar surface area (TPSA) is 37.4 Å². The van der Waals surface area contributed by atoms with Crippen LogP contribution in [0.1, 0.15) is 39.2 Å². The Balaban J connectivity index is 2.04. The first-order valence-corrected chi connectivity index (χ1v) is 7.94. The molecule has 21 heavy (non-hydrogen) atoms. The molecular weight excluding hydrogens is 286 g/mol. The van der Waals surface area contributed by atoms with Gasteiger partial charge in [0.1, 0.15) is 5.82 Å². The highest BCUT2D eigenvalue weighted by atomic mass is 35.5. The second-order valence-electron chi connectivity index (χ2n) is 6.71. The first-order chi connectivity index (χ1) is 9.87. The summed E-state index contributed by atoms with van der Waals surface area (Å²) in [6.07, 6.45) is 3.97. The van der Waals surface area contributed by atoms with Gasteiger partial charge in [0.2, 0.25) is 0 Å². The molecule has 2 heterocycles. The van der Waals surface area contributed by atoms with Crippen LogP contribution in [-0.4, -0.2) is 36.8 Å². The molecule has 0 amide bonds. The molecule has 1 aliphatic heterocycles. The van der Waals surface area contributed by atoms with Crippen molar-refractivity contribution in [2.45, 2.75) is 51.7 Å². The molecule has 0 bridgehead atoms. The Hall–Kier alpha value is -0.840. The molecule has 118 valence electrons. The van der Waals surface area contributed by atoms with Gasteiger partial charge in [-0.1, -0.05) is 11.6 Å². The van der Waals surface area contributed by atoms with Gasteiger partial charge in [-0.25, -0.2) is 4.98 Å². The van der Waals surface area contributed by atoms with E-state index in [-0.39, 0.29) is 5.54 Å². The van der Waals surface area contributed by atoms with Gasteiger partial charge in [-0.2, -0.15) is 0 Å². The number of halogens is 1. The van der Waals surface area contributed by atoms with Crippen LogP contribution in [0.4, 0.5) is 5.82 Å². The van der Waals surface area contributed by atoms with Gasteiger partial charge in [-0.3, -0.25) is 0 Å². The Morgan fingerprint density at radius 1 is 1.38 bits per heavy atom. The first kappa shape index (κ1) is 16.5. The van der Waals surface area contributed by atoms with E-state index in [4.69, 9.17) is 16.3 Å². The van der Waals surface area contributed by atoms with Crippen molar-refractivity contribution in [2.75, 3.05) is 25.2 Å². The number of nitrogens with zero attached hydrogens (tertiary/aromatic N) is 2. The van der Waals surface area contributed by atoms with E-state index in [0.29, 0.717) is 6.04 Å². The molecule has 1 saturated heterocycles. The summed E-state index contributed by atoms with van der Waals surface area (Å²) in [6, 6.07) is 2.47. The zero-order valence-electron chi connectivity index (χ0n) is 13.4. The van der Waals surface area contributed by atoms with Crippen molar-refractivity contribution in [3.8, 4) is 0 Å². The summed E-state index contributed by atoms with van der Waals surface area (Å²) in [5.41, 5.74) is 1.20. The molecule has 0 atom stereocenters. The third-order valence-electron chi connectivity index (χ3n) is 3.77. The standard InChI is InChI=1S/C16H26ClN3O/c1-16(2,3)19-11-12-9-14(17)15(18-10-12)20(4)13-5-7-21-8-6-13/h9-10,13,19H,5-8,11H2,1-4H3. The van der Waals surface area contributed by atoms with E-state index in [9.17, 15) is 0 Å². The lowest BCUT2D eigenvalue weighted by molar-refractivity contribution is 0.0853. The van der Waals surface area contributed by atoms with Crippen LogP contribution < -0.4 is 10.2 Å². The molecule has 1 aromatic heterocycles. The van der Waals surface area contributed by atoms with Crippen LogP contribution in [0.25, 0.3) is 0 Å². The highest BCUT2D eigenvalue weighted by Crippen LogP contribution is 2.27. The highest BCUT2D eigenvalue weighted by Gasteiger charge is 2.21. The van der Waals surface area contributed by atoms with Crippen molar-refractivity contribution in [3.63, 3.8) is 0 Å². The van der Waals surface area contributed by atoms with Gasteiger partial charge in [-0.15, -0.1) is 0 Å². The number of pyridine rings is 1. The minimum atomic E-state index is 0.0873. The SMILES string of the molecule is CN(c1ncc(CNC(C)(C)C)cc1Cl)C1CCOCC1. The largest absolute Gasteiger partial charge is 0.381 e. The number of ether oxygens (including phenoxy) is 1. The number of aromatic nitrogens is 1. The summed E-state index contributed by atoms with van der Waals surface area (Å²) in [7, 11) is 2.07. The van der Waals surface area contributed by atoms with Crippen LogP contribution in [0.2, 0.25) is 5.02 Å². The molecule has 0 aliphatic carbocycles. The van der Waals surface area contributed by atoms with Crippen LogP contribution in [0, 0.1) is 0 Å². The van der Waals surface area contributed by atoms with Crippen molar-refractivity contribution in [2.24, 2.45) is 0 Å². The Bertz CT molecular complexity index is 467. The molecule has 5 heteroatoms. The zero-order chi connectivity index (χ0) is 15.5. The maximum absolute atomic E-state index is 6.43. The third-order valence-corrected chi connectivity index (χ3v) is 4.05. The smallest absolute Gasteiger partial charge is 0.147 e. The maximum atomic E-state index is 6.43. The summed E-state index contributed by atoms with van der Waals surface area (Å²) in [5, 5.41) is 4.17. The van der Waals surface area contributed by atoms with E-state index in [1.807, 2.05) is 12.3 Å². The van der Waals surface area contributed by atoms with E-state index in [1.165, 1.54) is 0 Å². The fraction of sp³-hybridized carbons (Fsp3) is 0.688. The van der Waals surface area contributed by atoms with Gasteiger partial charge >= 0.3 is 0 Å². The molecule has 1 fully saturated rings. The second-order valence-corrected chi connectivity index (χ2v) is 7.11. The van der Waals surface area contributed by atoms with E-state index >= 15 is 0 Å². The fourth-order valence-corrected chi connectivity index (χ4v) is 2.76. The van der Waals surface area contributed by atoms with Gasteiger partial charge < -0.3 is 15.0 Å². The van der Waals surface area contributed by atoms with Gasteiger partial charge in [0.05, 0.1) is 5.02 Å². The average Bonchev–Trinajstić information content (AvgIpc) is 2.45. The molecule has 1 aromatic rings. The van der Waals surface area contributed by atoms with Crippen molar-refractivity contribution in [3.05, 3.63) is 22.8 Å². The fourth-order valence-electron chi connectivity index (χ4n) is 2.44. The van der Waals surface area contributed by atoms with Crippen molar-refractivity contribution < 1.29 is 4.74 Å². The average molecular weight is 312 g/mol. The number of hydrogen-bond donors (Lipinski definition) is 1. The minimum Gasteiger partial charge on any atom is -0.381 e. The van der Waals surface area contributed by atoms with Gasteiger partial charge in [0.15, 0.2) is 0 Å². The van der Waals surface area contributed by atoms with Crippen molar-refractivity contribution in [1.29, 1.82) is 0 Å². The number of rotatable bonds is 4. The summed E-state index contributed by atoms with van der Waals surface area (Å²) < 4.78 is 5.41. The van der Waals surface area contributed by atoms with E-state index in [2.05, 4.69) is 43.0 Å². The Kier molecular flexibility index (Phi) is 5.47. The second kappa shape index (κ2) is 6.95. The quantitative estimate of drug-likeness (QED) is 0.926. The zero-order valence-corrected chi connectivity index (χ0v) is 14.2. The van der Waals surface area contributed by atoms with Crippen LogP contribution in [-0.2, 0) is 11.3 Å². The third kappa shape index (κ3) is 4.83. The lowest BCUT2D eigenvalue weighted by atomic mass is 10.1. The van der Waals surface area contributed by atoms with Gasteiger partial charge in [-0.05, 0) is 45.2 Å². The van der Waals surface area contributed by atoms with Crippen LogP contribution >= 0.6 is 11.6 Å².